The lowest BCUT2D eigenvalue weighted by Crippen LogP contribution is -2.42. The van der Waals surface area contributed by atoms with Crippen LogP contribution in [0.1, 0.15) is 28.8 Å². The van der Waals surface area contributed by atoms with Crippen molar-refractivity contribution in [1.29, 1.82) is 0 Å². The predicted molar refractivity (Wildman–Crippen MR) is 99.9 cm³/mol. The first-order chi connectivity index (χ1) is 12.8. The van der Waals surface area contributed by atoms with Crippen molar-refractivity contribution < 1.29 is 22.3 Å². The molecule has 0 saturated carbocycles. The van der Waals surface area contributed by atoms with E-state index in [9.17, 15) is 17.6 Å². The van der Waals surface area contributed by atoms with Gasteiger partial charge in [-0.25, -0.2) is 12.8 Å². The molecule has 1 aliphatic rings. The number of piperidine rings is 1. The van der Waals surface area contributed by atoms with Crippen LogP contribution in [0.3, 0.4) is 0 Å². The Morgan fingerprint density at radius 1 is 1.22 bits per heavy atom. The molecule has 144 valence electrons. The number of carbonyl (C=O) groups is 1. The van der Waals surface area contributed by atoms with Gasteiger partial charge in [0.1, 0.15) is 11.6 Å². The van der Waals surface area contributed by atoms with E-state index >= 15 is 0 Å². The minimum absolute atomic E-state index is 0.0482. The summed E-state index contributed by atoms with van der Waals surface area (Å²) >= 11 is 0. The number of hydrogen-bond donors (Lipinski definition) is 0. The Kier molecular flexibility index (Phi) is 5.62. The van der Waals surface area contributed by atoms with Crippen LogP contribution in [0.15, 0.2) is 47.4 Å². The van der Waals surface area contributed by atoms with Crippen LogP contribution >= 0.6 is 0 Å². The number of hydrogen-bond acceptors (Lipinski definition) is 4. The van der Waals surface area contributed by atoms with Gasteiger partial charge in [0, 0.05) is 19.0 Å². The number of ketones is 1. The molecule has 0 spiro atoms. The van der Waals surface area contributed by atoms with Crippen LogP contribution in [0.2, 0.25) is 0 Å². The number of methoxy groups -OCH3 is 1. The van der Waals surface area contributed by atoms with Crippen molar-refractivity contribution in [2.24, 2.45) is 5.92 Å². The van der Waals surface area contributed by atoms with Gasteiger partial charge in [-0.3, -0.25) is 4.79 Å². The highest BCUT2D eigenvalue weighted by Gasteiger charge is 2.35. The molecule has 0 amide bonds. The molecule has 1 saturated heterocycles. The van der Waals surface area contributed by atoms with E-state index in [1.54, 1.807) is 31.2 Å². The maximum absolute atomic E-state index is 13.6. The highest BCUT2D eigenvalue weighted by Crippen LogP contribution is 2.30. The molecule has 2 aromatic rings. The number of aryl methyl sites for hydroxylation is 1. The zero-order valence-corrected chi connectivity index (χ0v) is 16.1. The molecule has 7 heteroatoms. The van der Waals surface area contributed by atoms with E-state index in [1.165, 1.54) is 23.5 Å². The number of nitrogens with zero attached hydrogens (tertiary/aromatic N) is 1. The third-order valence-corrected chi connectivity index (χ3v) is 6.90. The van der Waals surface area contributed by atoms with Crippen LogP contribution in [0.25, 0.3) is 0 Å². The smallest absolute Gasteiger partial charge is 0.243 e. The van der Waals surface area contributed by atoms with Crippen LogP contribution < -0.4 is 4.74 Å². The third-order valence-electron chi connectivity index (χ3n) is 4.90. The van der Waals surface area contributed by atoms with E-state index < -0.39 is 21.8 Å². The van der Waals surface area contributed by atoms with E-state index in [1.807, 2.05) is 0 Å². The molecular weight excluding hydrogens is 369 g/mol. The van der Waals surface area contributed by atoms with Gasteiger partial charge < -0.3 is 4.74 Å². The quantitative estimate of drug-likeness (QED) is 0.733. The third kappa shape index (κ3) is 3.89. The summed E-state index contributed by atoms with van der Waals surface area (Å²) in [5.41, 5.74) is 0.931. The Morgan fingerprint density at radius 3 is 2.70 bits per heavy atom. The lowest BCUT2D eigenvalue weighted by Gasteiger charge is -2.31. The monoisotopic (exact) mass is 391 g/mol. The van der Waals surface area contributed by atoms with E-state index in [0.717, 1.165) is 6.07 Å². The lowest BCUT2D eigenvalue weighted by molar-refractivity contribution is 0.0869. The largest absolute Gasteiger partial charge is 0.496 e. The summed E-state index contributed by atoms with van der Waals surface area (Å²) in [6.45, 7) is 2.02. The fourth-order valence-electron chi connectivity index (χ4n) is 3.43. The van der Waals surface area contributed by atoms with Crippen molar-refractivity contribution in [3.8, 4) is 5.75 Å². The molecule has 0 radical (unpaired) electrons. The molecule has 0 bridgehead atoms. The van der Waals surface area contributed by atoms with Gasteiger partial charge in [-0.2, -0.15) is 4.31 Å². The second-order valence-electron chi connectivity index (χ2n) is 6.68. The van der Waals surface area contributed by atoms with Gasteiger partial charge in [0.15, 0.2) is 5.78 Å². The number of benzene rings is 2. The van der Waals surface area contributed by atoms with Crippen molar-refractivity contribution in [3.05, 3.63) is 59.4 Å². The second-order valence-corrected chi connectivity index (χ2v) is 8.58. The molecule has 0 N–H and O–H groups in total. The number of carbonyl (C=O) groups excluding carboxylic acids is 1. The zero-order valence-electron chi connectivity index (χ0n) is 15.3. The van der Waals surface area contributed by atoms with Crippen molar-refractivity contribution in [3.63, 3.8) is 0 Å². The molecule has 3 rings (SSSR count). The number of rotatable bonds is 5. The van der Waals surface area contributed by atoms with Gasteiger partial charge >= 0.3 is 0 Å². The maximum atomic E-state index is 13.6. The van der Waals surface area contributed by atoms with Gasteiger partial charge in [-0.1, -0.05) is 18.2 Å². The highest BCUT2D eigenvalue weighted by molar-refractivity contribution is 7.89. The molecule has 0 unspecified atom stereocenters. The topological polar surface area (TPSA) is 63.7 Å². The summed E-state index contributed by atoms with van der Waals surface area (Å²) in [5.74, 6) is -0.719. The van der Waals surface area contributed by atoms with Crippen LogP contribution in [0, 0.1) is 18.7 Å². The van der Waals surface area contributed by atoms with Gasteiger partial charge in [-0.15, -0.1) is 0 Å². The average molecular weight is 391 g/mol. The van der Waals surface area contributed by atoms with E-state index in [0.29, 0.717) is 36.3 Å². The summed E-state index contributed by atoms with van der Waals surface area (Å²) in [4.78, 5) is 12.9. The first-order valence-electron chi connectivity index (χ1n) is 8.78. The summed E-state index contributed by atoms with van der Waals surface area (Å²) < 4.78 is 46.2. The summed E-state index contributed by atoms with van der Waals surface area (Å²) in [6, 6.07) is 10.6. The molecule has 0 aromatic heterocycles. The summed E-state index contributed by atoms with van der Waals surface area (Å²) in [5, 5.41) is 0. The molecule has 2 aromatic carbocycles. The van der Waals surface area contributed by atoms with E-state index in [-0.39, 0.29) is 17.2 Å². The Labute approximate surface area is 158 Å². The van der Waals surface area contributed by atoms with Crippen LogP contribution in [0.5, 0.6) is 5.75 Å². The first-order valence-corrected chi connectivity index (χ1v) is 10.2. The normalized spacial score (nSPS) is 18.3. The molecule has 5 nitrogen and oxygen atoms in total. The fraction of sp³-hybridized carbons (Fsp3) is 0.350. The predicted octanol–water partition coefficient (Wildman–Crippen LogP) is 3.43. The van der Waals surface area contributed by atoms with E-state index in [2.05, 4.69) is 0 Å². The number of Topliss-reactive ketones (excluding diaryl/α,β-unsaturated/α-hetero) is 1. The number of sulfonamides is 1. The molecule has 1 atom stereocenters. The van der Waals surface area contributed by atoms with Gasteiger partial charge in [-0.05, 0) is 49.6 Å². The molecule has 1 aliphatic heterocycles. The van der Waals surface area contributed by atoms with Crippen molar-refractivity contribution in [2.75, 3.05) is 20.2 Å². The van der Waals surface area contributed by atoms with Gasteiger partial charge in [0.05, 0.1) is 17.6 Å². The minimum Gasteiger partial charge on any atom is -0.496 e. The minimum atomic E-state index is -3.87. The maximum Gasteiger partial charge on any atom is 0.243 e. The molecule has 1 fully saturated rings. The van der Waals surface area contributed by atoms with Crippen molar-refractivity contribution >= 4 is 15.8 Å². The Morgan fingerprint density at radius 2 is 1.96 bits per heavy atom. The summed E-state index contributed by atoms with van der Waals surface area (Å²) in [7, 11) is -2.37. The summed E-state index contributed by atoms with van der Waals surface area (Å²) in [6.07, 6.45) is 1.17. The average Bonchev–Trinajstić information content (AvgIpc) is 2.69. The SMILES string of the molecule is COc1ccccc1C(=O)[C@H]1CCCN(S(=O)(=O)c2cc(F)ccc2C)C1. The Hall–Kier alpha value is -2.25. The highest BCUT2D eigenvalue weighted by atomic mass is 32.2. The van der Waals surface area contributed by atoms with Crippen molar-refractivity contribution in [1.82, 2.24) is 4.31 Å². The number of ether oxygens (including phenoxy) is 1. The molecule has 1 heterocycles. The standard InChI is InChI=1S/C20H22FNO4S/c1-14-9-10-16(21)12-19(14)27(24,25)22-11-5-6-15(13-22)20(23)17-7-3-4-8-18(17)26-2/h3-4,7-10,12,15H,5-6,11,13H2,1-2H3/t15-/m0/s1. The van der Waals surface area contributed by atoms with Crippen LogP contribution in [-0.2, 0) is 10.0 Å². The Balaban J connectivity index is 1.87. The Bertz CT molecular complexity index is 958. The lowest BCUT2D eigenvalue weighted by atomic mass is 9.90. The molecular formula is C20H22FNO4S. The van der Waals surface area contributed by atoms with Gasteiger partial charge in [0.25, 0.3) is 0 Å². The second kappa shape index (κ2) is 7.78. The number of para-hydroxylation sites is 1. The molecule has 27 heavy (non-hydrogen) atoms. The van der Waals surface area contributed by atoms with Crippen molar-refractivity contribution in [2.45, 2.75) is 24.7 Å². The van der Waals surface area contributed by atoms with Crippen LogP contribution in [0.4, 0.5) is 4.39 Å². The first kappa shape index (κ1) is 19.5. The fourth-order valence-corrected chi connectivity index (χ4v) is 5.19. The molecule has 0 aliphatic carbocycles. The van der Waals surface area contributed by atoms with Crippen LogP contribution in [-0.4, -0.2) is 38.7 Å². The zero-order chi connectivity index (χ0) is 19.6. The number of halogens is 1. The van der Waals surface area contributed by atoms with E-state index in [4.69, 9.17) is 4.74 Å². The van der Waals surface area contributed by atoms with Gasteiger partial charge in [0.2, 0.25) is 10.0 Å².